The third kappa shape index (κ3) is 3.18. The average Bonchev–Trinajstić information content (AvgIpc) is 3.00. The fourth-order valence-electron chi connectivity index (χ4n) is 5.13. The molecule has 0 fully saturated rings. The Balaban J connectivity index is 1.98. The Morgan fingerprint density at radius 3 is 2.26 bits per heavy atom. The van der Waals surface area contributed by atoms with Gasteiger partial charge in [0.05, 0.1) is 18.0 Å². The van der Waals surface area contributed by atoms with Crippen LogP contribution in [0.2, 0.25) is 0 Å². The van der Waals surface area contributed by atoms with Gasteiger partial charge in [-0.25, -0.2) is 4.57 Å². The van der Waals surface area contributed by atoms with Crippen LogP contribution in [0.5, 0.6) is 0 Å². The Hall–Kier alpha value is -2.94. The van der Waals surface area contributed by atoms with E-state index in [1.54, 1.807) is 0 Å². The molecule has 0 aliphatic rings. The zero-order valence-electron chi connectivity index (χ0n) is 19.5. The van der Waals surface area contributed by atoms with Crippen LogP contribution in [0, 0.1) is 18.8 Å². The Bertz CT molecular complexity index is 1450. The molecule has 0 radical (unpaired) electrons. The molecule has 0 aliphatic carbocycles. The number of aryl methyl sites for hydroxylation is 2. The third-order valence-corrected chi connectivity index (χ3v) is 6.40. The summed E-state index contributed by atoms with van der Waals surface area (Å²) in [7, 11) is 2.20. The standard InChI is InChI=1S/C28H32N3/c1-17(2)13-20-7-9-22-24(15-20)31-23-10-8-21(14-18(3)4)16-25(23)30(6)28(31)26-19(5)11-12-29-27(22)26/h7-12,15-18H,13-14H2,1-6H3/q+1. The van der Waals surface area contributed by atoms with Gasteiger partial charge in [-0.1, -0.05) is 39.8 Å². The summed E-state index contributed by atoms with van der Waals surface area (Å²) in [6, 6.07) is 16.1. The summed E-state index contributed by atoms with van der Waals surface area (Å²) >= 11 is 0. The van der Waals surface area contributed by atoms with Crippen LogP contribution in [0.3, 0.4) is 0 Å². The van der Waals surface area contributed by atoms with E-state index in [4.69, 9.17) is 4.98 Å². The number of hydrogen-bond acceptors (Lipinski definition) is 1. The van der Waals surface area contributed by atoms with Crippen molar-refractivity contribution in [2.45, 2.75) is 47.5 Å². The lowest BCUT2D eigenvalue weighted by Crippen LogP contribution is -2.27. The molecule has 31 heavy (non-hydrogen) atoms. The predicted molar refractivity (Wildman–Crippen MR) is 131 cm³/mol. The summed E-state index contributed by atoms with van der Waals surface area (Å²) in [6.07, 6.45) is 4.13. The maximum Gasteiger partial charge on any atom is 0.297 e. The maximum absolute atomic E-state index is 4.85. The fraction of sp³-hybridized carbons (Fsp3) is 0.357. The lowest BCUT2D eigenvalue weighted by atomic mass is 10.00. The number of benzene rings is 2. The molecule has 5 aromatic rings. The first-order valence-corrected chi connectivity index (χ1v) is 11.5. The molecule has 0 N–H and O–H groups in total. The van der Waals surface area contributed by atoms with Crippen molar-refractivity contribution in [1.29, 1.82) is 0 Å². The van der Waals surface area contributed by atoms with Crippen molar-refractivity contribution in [3.8, 4) is 0 Å². The molecule has 0 saturated carbocycles. The van der Waals surface area contributed by atoms with E-state index in [1.165, 1.54) is 49.7 Å². The number of rotatable bonds is 4. The highest BCUT2D eigenvalue weighted by Crippen LogP contribution is 2.33. The van der Waals surface area contributed by atoms with Gasteiger partial charge in [0.15, 0.2) is 11.0 Å². The molecule has 5 rings (SSSR count). The van der Waals surface area contributed by atoms with E-state index in [2.05, 4.69) is 93.1 Å². The van der Waals surface area contributed by atoms with Crippen LogP contribution in [0.25, 0.3) is 38.5 Å². The molecule has 3 heteroatoms. The summed E-state index contributed by atoms with van der Waals surface area (Å²) in [5.74, 6) is 1.27. The van der Waals surface area contributed by atoms with Gasteiger partial charge in [-0.2, -0.15) is 4.40 Å². The second-order valence-corrected chi connectivity index (χ2v) is 9.94. The zero-order valence-corrected chi connectivity index (χ0v) is 19.5. The first-order chi connectivity index (χ1) is 14.8. The quantitative estimate of drug-likeness (QED) is 0.251. The third-order valence-electron chi connectivity index (χ3n) is 6.40. The molecule has 0 spiro atoms. The largest absolute Gasteiger partial charge is 0.297 e. The van der Waals surface area contributed by atoms with Gasteiger partial charge in [-0.05, 0) is 78.6 Å². The molecule has 3 aromatic heterocycles. The lowest BCUT2D eigenvalue weighted by Gasteiger charge is -2.09. The van der Waals surface area contributed by atoms with E-state index in [1.807, 2.05) is 6.20 Å². The molecule has 0 amide bonds. The van der Waals surface area contributed by atoms with E-state index in [0.717, 1.165) is 18.4 Å². The fourth-order valence-corrected chi connectivity index (χ4v) is 5.13. The minimum Gasteiger partial charge on any atom is -0.255 e. The van der Waals surface area contributed by atoms with Crippen LogP contribution < -0.4 is 4.57 Å². The van der Waals surface area contributed by atoms with Gasteiger partial charge in [0.2, 0.25) is 0 Å². The molecular formula is C28H32N3+. The van der Waals surface area contributed by atoms with Crippen molar-refractivity contribution >= 4 is 38.5 Å². The maximum atomic E-state index is 4.85. The van der Waals surface area contributed by atoms with Crippen molar-refractivity contribution in [2.24, 2.45) is 18.9 Å². The van der Waals surface area contributed by atoms with Crippen molar-refractivity contribution in [3.05, 3.63) is 65.4 Å². The predicted octanol–water partition coefficient (Wildman–Crippen LogP) is 6.32. The van der Waals surface area contributed by atoms with Crippen molar-refractivity contribution in [2.75, 3.05) is 0 Å². The van der Waals surface area contributed by atoms with Crippen LogP contribution in [0.15, 0.2) is 48.7 Å². The number of pyridine rings is 2. The molecule has 0 atom stereocenters. The first-order valence-electron chi connectivity index (χ1n) is 11.5. The van der Waals surface area contributed by atoms with Crippen LogP contribution in [-0.4, -0.2) is 9.38 Å². The Labute approximate surface area is 184 Å². The number of imidazole rings is 1. The highest BCUT2D eigenvalue weighted by Gasteiger charge is 2.25. The second kappa shape index (κ2) is 7.33. The molecule has 3 heterocycles. The summed E-state index contributed by atoms with van der Waals surface area (Å²) in [6.45, 7) is 11.3. The molecule has 0 aliphatic heterocycles. The van der Waals surface area contributed by atoms with E-state index in [0.29, 0.717) is 11.8 Å². The van der Waals surface area contributed by atoms with Crippen LogP contribution in [0.1, 0.15) is 44.4 Å². The monoisotopic (exact) mass is 410 g/mol. The molecular weight excluding hydrogens is 378 g/mol. The summed E-state index contributed by atoms with van der Waals surface area (Å²) in [5.41, 5.74) is 10.2. The van der Waals surface area contributed by atoms with Crippen LogP contribution >= 0.6 is 0 Å². The lowest BCUT2D eigenvalue weighted by molar-refractivity contribution is -0.617. The first kappa shape index (κ1) is 20.0. The highest BCUT2D eigenvalue weighted by atomic mass is 15.1. The van der Waals surface area contributed by atoms with E-state index in [9.17, 15) is 0 Å². The Morgan fingerprint density at radius 1 is 0.871 bits per heavy atom. The van der Waals surface area contributed by atoms with Gasteiger partial charge < -0.3 is 0 Å². The van der Waals surface area contributed by atoms with Crippen LogP contribution in [-0.2, 0) is 19.9 Å². The minimum absolute atomic E-state index is 0.630. The van der Waals surface area contributed by atoms with Gasteiger partial charge in [-0.3, -0.25) is 4.98 Å². The summed E-state index contributed by atoms with van der Waals surface area (Å²) < 4.78 is 4.83. The molecule has 3 nitrogen and oxygen atoms in total. The van der Waals surface area contributed by atoms with Gasteiger partial charge in [-0.15, -0.1) is 0 Å². The summed E-state index contributed by atoms with van der Waals surface area (Å²) in [5, 5.41) is 2.47. The Kier molecular flexibility index (Phi) is 4.73. The van der Waals surface area contributed by atoms with Gasteiger partial charge in [0.25, 0.3) is 5.65 Å². The normalized spacial score (nSPS) is 12.4. The molecule has 158 valence electrons. The van der Waals surface area contributed by atoms with Crippen molar-refractivity contribution in [3.63, 3.8) is 0 Å². The SMILES string of the molecule is Cc1ccnc2c3ccc(CC(C)C)cc3n3c4ccc(CC(C)C)cc4[n+](C)c3c12. The van der Waals surface area contributed by atoms with Gasteiger partial charge in [0, 0.05) is 11.6 Å². The topological polar surface area (TPSA) is 21.2 Å². The number of hydrogen-bond donors (Lipinski definition) is 0. The van der Waals surface area contributed by atoms with E-state index < -0.39 is 0 Å². The second-order valence-electron chi connectivity index (χ2n) is 9.94. The van der Waals surface area contributed by atoms with Crippen molar-refractivity contribution < 1.29 is 4.57 Å². The summed E-state index contributed by atoms with van der Waals surface area (Å²) in [4.78, 5) is 4.85. The smallest absolute Gasteiger partial charge is 0.255 e. The van der Waals surface area contributed by atoms with Gasteiger partial charge in [0.1, 0.15) is 5.52 Å². The molecule has 0 unspecified atom stereocenters. The number of nitrogens with zero attached hydrogens (tertiary/aromatic N) is 3. The van der Waals surface area contributed by atoms with Crippen LogP contribution in [0.4, 0.5) is 0 Å². The average molecular weight is 411 g/mol. The number of aromatic nitrogens is 3. The zero-order chi connectivity index (χ0) is 21.9. The number of fused-ring (bicyclic) bond motifs is 8. The Morgan fingerprint density at radius 2 is 1.55 bits per heavy atom. The van der Waals surface area contributed by atoms with Crippen molar-refractivity contribution in [1.82, 2.24) is 9.38 Å². The highest BCUT2D eigenvalue weighted by molar-refractivity contribution is 6.11. The van der Waals surface area contributed by atoms with Gasteiger partial charge >= 0.3 is 0 Å². The minimum atomic E-state index is 0.630. The molecule has 0 bridgehead atoms. The van der Waals surface area contributed by atoms with E-state index >= 15 is 0 Å². The van der Waals surface area contributed by atoms with E-state index in [-0.39, 0.29) is 0 Å². The molecule has 0 saturated heterocycles. The molecule has 2 aromatic carbocycles.